The van der Waals surface area contributed by atoms with Crippen molar-refractivity contribution in [2.24, 2.45) is 5.41 Å². The van der Waals surface area contributed by atoms with Gasteiger partial charge in [-0.25, -0.2) is 9.97 Å². The Bertz CT molecular complexity index is 1300. The molecule has 1 atom stereocenters. The van der Waals surface area contributed by atoms with Gasteiger partial charge in [0, 0.05) is 18.7 Å². The maximum atomic E-state index is 12.1. The number of carbonyl (C=O) groups is 1. The summed E-state index contributed by atoms with van der Waals surface area (Å²) in [4.78, 5) is 24.3. The number of anilines is 1. The average Bonchev–Trinajstić information content (AvgIpc) is 2.83. The summed E-state index contributed by atoms with van der Waals surface area (Å²) in [6.45, 7) is 15.8. The summed E-state index contributed by atoms with van der Waals surface area (Å²) in [6.07, 6.45) is 1.44. The standard InChI is InChI=1S/C31H39N3O3/c1-19(2)24-13-12-20(3)26(16-24)37-17-25-23(6)32-28(27-21(4)10-8-11-22(27)5)33-29(25)34-15-9-14-31(7,18-34)30(35)36/h8,10-13,16,19H,9,14-15,17-18H2,1-7H3,(H,35,36). The van der Waals surface area contributed by atoms with Crippen LogP contribution in [-0.2, 0) is 11.4 Å². The van der Waals surface area contributed by atoms with Gasteiger partial charge in [-0.2, -0.15) is 0 Å². The SMILES string of the molecule is Cc1ccc(C(C)C)cc1OCc1c(C)nc(-c2c(C)cccc2C)nc1N1CCCC(C)(C(=O)O)C1. The first-order valence-corrected chi connectivity index (χ1v) is 13.2. The van der Waals surface area contributed by atoms with Crippen LogP contribution in [0.4, 0.5) is 5.82 Å². The van der Waals surface area contributed by atoms with E-state index in [9.17, 15) is 9.90 Å². The molecule has 4 rings (SSSR count). The number of aromatic nitrogens is 2. The largest absolute Gasteiger partial charge is 0.488 e. The molecule has 0 bridgehead atoms. The lowest BCUT2D eigenvalue weighted by Gasteiger charge is -2.39. The van der Waals surface area contributed by atoms with Gasteiger partial charge in [-0.1, -0.05) is 44.2 Å². The van der Waals surface area contributed by atoms with E-state index >= 15 is 0 Å². The Morgan fingerprint density at radius 1 is 1.08 bits per heavy atom. The van der Waals surface area contributed by atoms with Gasteiger partial charge in [0.2, 0.25) is 0 Å². The zero-order valence-corrected chi connectivity index (χ0v) is 23.2. The molecule has 6 heteroatoms. The second kappa shape index (κ2) is 10.5. The first-order chi connectivity index (χ1) is 17.5. The van der Waals surface area contributed by atoms with Crippen molar-refractivity contribution in [1.82, 2.24) is 9.97 Å². The minimum absolute atomic E-state index is 0.316. The topological polar surface area (TPSA) is 75.6 Å². The molecular weight excluding hydrogens is 462 g/mol. The fourth-order valence-corrected chi connectivity index (χ4v) is 5.17. The van der Waals surface area contributed by atoms with Crippen LogP contribution in [0, 0.1) is 33.1 Å². The van der Waals surface area contributed by atoms with E-state index in [1.807, 2.05) is 19.9 Å². The van der Waals surface area contributed by atoms with Crippen molar-refractivity contribution >= 4 is 11.8 Å². The number of carboxylic acid groups (broad SMARTS) is 1. The average molecular weight is 502 g/mol. The highest BCUT2D eigenvalue weighted by Gasteiger charge is 2.39. The van der Waals surface area contributed by atoms with Gasteiger partial charge in [-0.05, 0) is 81.7 Å². The van der Waals surface area contributed by atoms with Crippen molar-refractivity contribution < 1.29 is 14.6 Å². The zero-order chi connectivity index (χ0) is 26.9. The summed E-state index contributed by atoms with van der Waals surface area (Å²) < 4.78 is 6.40. The predicted molar refractivity (Wildman–Crippen MR) is 148 cm³/mol. The van der Waals surface area contributed by atoms with E-state index in [-0.39, 0.29) is 0 Å². The van der Waals surface area contributed by atoms with Gasteiger partial charge in [0.1, 0.15) is 18.2 Å². The van der Waals surface area contributed by atoms with Crippen LogP contribution in [0.3, 0.4) is 0 Å². The Kier molecular flexibility index (Phi) is 7.58. The summed E-state index contributed by atoms with van der Waals surface area (Å²) in [7, 11) is 0. The number of aryl methyl sites for hydroxylation is 4. The Hall–Kier alpha value is -3.41. The molecule has 0 radical (unpaired) electrons. The maximum absolute atomic E-state index is 12.1. The van der Waals surface area contributed by atoms with Gasteiger partial charge in [0.05, 0.1) is 16.7 Å². The molecule has 2 aromatic carbocycles. The van der Waals surface area contributed by atoms with E-state index in [1.54, 1.807) is 0 Å². The Morgan fingerprint density at radius 3 is 2.43 bits per heavy atom. The van der Waals surface area contributed by atoms with E-state index in [4.69, 9.17) is 14.7 Å². The molecule has 1 aromatic heterocycles. The third-order valence-corrected chi connectivity index (χ3v) is 7.66. The highest BCUT2D eigenvalue weighted by atomic mass is 16.5. The fourth-order valence-electron chi connectivity index (χ4n) is 5.17. The molecule has 37 heavy (non-hydrogen) atoms. The summed E-state index contributed by atoms with van der Waals surface area (Å²) >= 11 is 0. The van der Waals surface area contributed by atoms with Crippen molar-refractivity contribution in [3.63, 3.8) is 0 Å². The Labute approximate surface area is 220 Å². The Morgan fingerprint density at radius 2 is 1.78 bits per heavy atom. The highest BCUT2D eigenvalue weighted by molar-refractivity contribution is 5.76. The predicted octanol–water partition coefficient (Wildman–Crippen LogP) is 6.77. The van der Waals surface area contributed by atoms with E-state index in [0.717, 1.165) is 58.0 Å². The van der Waals surface area contributed by atoms with Gasteiger partial charge in [0.15, 0.2) is 5.82 Å². The van der Waals surface area contributed by atoms with Crippen molar-refractivity contribution in [2.75, 3.05) is 18.0 Å². The molecule has 0 amide bonds. The van der Waals surface area contributed by atoms with Crippen LogP contribution in [0.5, 0.6) is 5.75 Å². The molecule has 1 aliphatic heterocycles. The van der Waals surface area contributed by atoms with Gasteiger partial charge in [-0.15, -0.1) is 0 Å². The van der Waals surface area contributed by atoms with Crippen LogP contribution < -0.4 is 9.64 Å². The molecule has 1 fully saturated rings. The monoisotopic (exact) mass is 501 g/mol. The number of rotatable bonds is 7. The molecule has 1 saturated heterocycles. The fraction of sp³-hybridized carbons (Fsp3) is 0.452. The van der Waals surface area contributed by atoms with E-state index in [1.165, 1.54) is 5.56 Å². The number of hydrogen-bond acceptors (Lipinski definition) is 5. The lowest BCUT2D eigenvalue weighted by Crippen LogP contribution is -2.47. The van der Waals surface area contributed by atoms with E-state index < -0.39 is 11.4 Å². The molecular formula is C31H39N3O3. The maximum Gasteiger partial charge on any atom is 0.311 e. The minimum Gasteiger partial charge on any atom is -0.488 e. The second-order valence-corrected chi connectivity index (χ2v) is 11.1. The lowest BCUT2D eigenvalue weighted by molar-refractivity contribution is -0.148. The summed E-state index contributed by atoms with van der Waals surface area (Å²) in [5, 5.41) is 9.96. The molecule has 6 nitrogen and oxygen atoms in total. The van der Waals surface area contributed by atoms with Crippen molar-refractivity contribution in [3.8, 4) is 17.1 Å². The van der Waals surface area contributed by atoms with Crippen molar-refractivity contribution in [1.29, 1.82) is 0 Å². The van der Waals surface area contributed by atoms with Crippen LogP contribution in [0.25, 0.3) is 11.4 Å². The molecule has 3 aromatic rings. The molecule has 1 aliphatic rings. The molecule has 0 aliphatic carbocycles. The normalized spacial score (nSPS) is 17.8. The third kappa shape index (κ3) is 5.48. The van der Waals surface area contributed by atoms with Crippen LogP contribution >= 0.6 is 0 Å². The van der Waals surface area contributed by atoms with Gasteiger partial charge in [-0.3, -0.25) is 4.79 Å². The number of ether oxygens (including phenoxy) is 1. The molecule has 2 heterocycles. The van der Waals surface area contributed by atoms with E-state index in [0.29, 0.717) is 31.3 Å². The second-order valence-electron chi connectivity index (χ2n) is 11.1. The minimum atomic E-state index is -0.823. The first kappa shape index (κ1) is 26.6. The van der Waals surface area contributed by atoms with Gasteiger partial charge in [0.25, 0.3) is 0 Å². The number of aliphatic carboxylic acids is 1. The number of piperidine rings is 1. The highest BCUT2D eigenvalue weighted by Crippen LogP contribution is 2.36. The molecule has 0 saturated carbocycles. The summed E-state index contributed by atoms with van der Waals surface area (Å²) in [5.41, 5.74) is 6.49. The molecule has 0 spiro atoms. The Balaban J connectivity index is 1.79. The van der Waals surface area contributed by atoms with Gasteiger partial charge < -0.3 is 14.7 Å². The number of benzene rings is 2. The van der Waals surface area contributed by atoms with Crippen LogP contribution in [-0.4, -0.2) is 34.1 Å². The quantitative estimate of drug-likeness (QED) is 0.385. The van der Waals surface area contributed by atoms with Crippen molar-refractivity contribution in [2.45, 2.75) is 73.8 Å². The van der Waals surface area contributed by atoms with Crippen LogP contribution in [0.2, 0.25) is 0 Å². The zero-order valence-electron chi connectivity index (χ0n) is 23.2. The smallest absolute Gasteiger partial charge is 0.311 e. The summed E-state index contributed by atoms with van der Waals surface area (Å²) in [5.74, 6) is 1.94. The lowest BCUT2D eigenvalue weighted by atomic mass is 9.82. The third-order valence-electron chi connectivity index (χ3n) is 7.66. The first-order valence-electron chi connectivity index (χ1n) is 13.2. The molecule has 1 unspecified atom stereocenters. The molecule has 1 N–H and O–H groups in total. The van der Waals surface area contributed by atoms with Crippen LogP contribution in [0.15, 0.2) is 36.4 Å². The van der Waals surface area contributed by atoms with Crippen LogP contribution in [0.1, 0.15) is 73.0 Å². The van der Waals surface area contributed by atoms with Gasteiger partial charge >= 0.3 is 5.97 Å². The number of nitrogens with zero attached hydrogens (tertiary/aromatic N) is 3. The number of carboxylic acids is 1. The van der Waals surface area contributed by atoms with Crippen molar-refractivity contribution in [3.05, 3.63) is 69.9 Å². The van der Waals surface area contributed by atoms with E-state index in [2.05, 4.69) is 69.9 Å². The molecule has 196 valence electrons. The summed E-state index contributed by atoms with van der Waals surface area (Å²) in [6, 6.07) is 12.5. The number of hydrogen-bond donors (Lipinski definition) is 1.